The first-order chi connectivity index (χ1) is 7.56. The first-order valence-electron chi connectivity index (χ1n) is 5.22. The lowest BCUT2D eigenvalue weighted by molar-refractivity contribution is -0.388. The average molecular weight is 242 g/mol. The molecule has 2 N–H and O–H groups in total. The van der Waals surface area contributed by atoms with Gasteiger partial charge in [0, 0.05) is 7.05 Å². The Hall–Kier alpha value is -1.63. The van der Waals surface area contributed by atoms with Crippen LogP contribution >= 0.6 is 0 Å². The second kappa shape index (κ2) is 3.99. The molecule has 1 aromatic rings. The zero-order chi connectivity index (χ0) is 13.4. The van der Waals surface area contributed by atoms with Crippen molar-refractivity contribution < 1.29 is 10.0 Å². The highest BCUT2D eigenvalue weighted by Gasteiger charge is 2.37. The van der Waals surface area contributed by atoms with Gasteiger partial charge < -0.3 is 20.5 Å². The van der Waals surface area contributed by atoms with Crippen molar-refractivity contribution in [2.75, 3.05) is 5.32 Å². The fourth-order valence-electron chi connectivity index (χ4n) is 1.14. The molecule has 1 heterocycles. The minimum absolute atomic E-state index is 0.246. The van der Waals surface area contributed by atoms with E-state index in [1.165, 1.54) is 10.9 Å². The molecule has 0 spiro atoms. The van der Waals surface area contributed by atoms with Crippen LogP contribution in [0.4, 0.5) is 11.6 Å². The van der Waals surface area contributed by atoms with Gasteiger partial charge in [0.25, 0.3) is 0 Å². The van der Waals surface area contributed by atoms with Crippen LogP contribution in [0.3, 0.4) is 0 Å². The zero-order valence-corrected chi connectivity index (χ0v) is 10.7. The Morgan fingerprint density at radius 2 is 2.00 bits per heavy atom. The van der Waals surface area contributed by atoms with Gasteiger partial charge in [-0.15, -0.1) is 0 Å². The first-order valence-corrected chi connectivity index (χ1v) is 5.22. The van der Waals surface area contributed by atoms with Crippen molar-refractivity contribution in [2.24, 2.45) is 7.05 Å². The molecule has 0 aliphatic rings. The molecule has 0 radical (unpaired) electrons. The molecule has 1 rings (SSSR count). The summed E-state index contributed by atoms with van der Waals surface area (Å²) in [6.45, 7) is 6.82. The van der Waals surface area contributed by atoms with Gasteiger partial charge in [-0.25, -0.2) is 0 Å². The molecule has 1 aromatic heterocycles. The zero-order valence-electron chi connectivity index (χ0n) is 10.7. The molecule has 0 saturated carbocycles. The number of nitrogens with zero attached hydrogens (tertiary/aromatic N) is 3. The monoisotopic (exact) mass is 242 g/mol. The van der Waals surface area contributed by atoms with Gasteiger partial charge in [-0.1, -0.05) is 0 Å². The molecule has 0 saturated heterocycles. The van der Waals surface area contributed by atoms with Crippen molar-refractivity contribution in [1.29, 1.82) is 0 Å². The summed E-state index contributed by atoms with van der Waals surface area (Å²) in [4.78, 5) is 13.9. The van der Waals surface area contributed by atoms with Gasteiger partial charge in [0.15, 0.2) is 0 Å². The highest BCUT2D eigenvalue weighted by Crippen LogP contribution is 2.30. The molecule has 7 heteroatoms. The van der Waals surface area contributed by atoms with Crippen LogP contribution in [0, 0.1) is 10.1 Å². The van der Waals surface area contributed by atoms with E-state index < -0.39 is 16.1 Å². The Kier molecular flexibility index (Phi) is 3.15. The number of nitrogens with one attached hydrogen (secondary N) is 1. The van der Waals surface area contributed by atoms with Gasteiger partial charge in [-0.3, -0.25) is 4.57 Å². The highest BCUT2D eigenvalue weighted by molar-refractivity contribution is 5.54. The molecule has 0 unspecified atom stereocenters. The smallest absolute Gasteiger partial charge is 0.388 e. The number of aliphatic hydroxyl groups is 1. The van der Waals surface area contributed by atoms with Gasteiger partial charge in [0.05, 0.1) is 11.1 Å². The van der Waals surface area contributed by atoms with Crippen LogP contribution in [0.1, 0.15) is 27.7 Å². The van der Waals surface area contributed by atoms with Crippen LogP contribution < -0.4 is 5.32 Å². The van der Waals surface area contributed by atoms with E-state index in [1.807, 2.05) is 0 Å². The van der Waals surface area contributed by atoms with E-state index in [0.29, 0.717) is 0 Å². The molecule has 0 aliphatic carbocycles. The number of nitro groups is 1. The summed E-state index contributed by atoms with van der Waals surface area (Å²) in [6.07, 6.45) is 1.36. The number of hydrogen-bond donors (Lipinski definition) is 2. The summed E-state index contributed by atoms with van der Waals surface area (Å²) in [5.41, 5.74) is -1.77. The number of hydrogen-bond acceptors (Lipinski definition) is 5. The van der Waals surface area contributed by atoms with Crippen LogP contribution in [0.15, 0.2) is 6.33 Å². The number of aromatic nitrogens is 2. The molecular formula is C10H18N4O3. The van der Waals surface area contributed by atoms with E-state index in [1.54, 1.807) is 34.7 Å². The van der Waals surface area contributed by atoms with Crippen molar-refractivity contribution in [3.05, 3.63) is 16.4 Å². The largest absolute Gasteiger partial charge is 0.406 e. The van der Waals surface area contributed by atoms with Gasteiger partial charge in [-0.05, 0) is 37.6 Å². The lowest BCUT2D eigenvalue weighted by Gasteiger charge is -2.38. The van der Waals surface area contributed by atoms with Crippen LogP contribution in [-0.4, -0.2) is 30.7 Å². The minimum atomic E-state index is -1.04. The third-order valence-corrected chi connectivity index (χ3v) is 3.05. The highest BCUT2D eigenvalue weighted by atomic mass is 16.6. The molecule has 0 bridgehead atoms. The van der Waals surface area contributed by atoms with E-state index >= 15 is 0 Å². The van der Waals surface area contributed by atoms with Gasteiger partial charge >= 0.3 is 5.82 Å². The van der Waals surface area contributed by atoms with Crippen LogP contribution in [0.2, 0.25) is 0 Å². The Morgan fingerprint density at radius 3 is 2.41 bits per heavy atom. The van der Waals surface area contributed by atoms with E-state index in [4.69, 9.17) is 0 Å². The Bertz CT molecular complexity index is 431. The van der Waals surface area contributed by atoms with Gasteiger partial charge in [0.2, 0.25) is 12.1 Å². The first kappa shape index (κ1) is 13.4. The molecule has 96 valence electrons. The van der Waals surface area contributed by atoms with E-state index in [9.17, 15) is 15.2 Å². The van der Waals surface area contributed by atoms with Crippen molar-refractivity contribution in [2.45, 2.75) is 38.8 Å². The summed E-state index contributed by atoms with van der Waals surface area (Å²) >= 11 is 0. The Labute approximate surface area is 99.6 Å². The maximum absolute atomic E-state index is 10.8. The number of rotatable bonds is 4. The summed E-state index contributed by atoms with van der Waals surface area (Å²) in [5, 5.41) is 23.8. The third-order valence-electron chi connectivity index (χ3n) is 3.05. The Balaban J connectivity index is 3.11. The predicted octanol–water partition coefficient (Wildman–Crippen LogP) is 1.29. The molecule has 0 aromatic carbocycles. The predicted molar refractivity (Wildman–Crippen MR) is 63.9 cm³/mol. The lowest BCUT2D eigenvalue weighted by atomic mass is 9.86. The fraction of sp³-hybridized carbons (Fsp3) is 0.700. The number of imidazole rings is 1. The van der Waals surface area contributed by atoms with E-state index in [2.05, 4.69) is 10.3 Å². The summed E-state index contributed by atoms with van der Waals surface area (Å²) in [5.74, 6) is 0.0342. The standard InChI is InChI=1S/C10H18N4O3/c1-9(2,10(3,4)15)12-8-7(14(16)17)11-6-13(8)5/h6,12,15H,1-5H3. The topological polar surface area (TPSA) is 93.2 Å². The van der Waals surface area contributed by atoms with Crippen molar-refractivity contribution in [1.82, 2.24) is 9.55 Å². The Morgan fingerprint density at radius 1 is 1.47 bits per heavy atom. The van der Waals surface area contributed by atoms with Gasteiger partial charge in [-0.2, -0.15) is 0 Å². The van der Waals surface area contributed by atoms with Crippen molar-refractivity contribution in [3.8, 4) is 0 Å². The van der Waals surface area contributed by atoms with Crippen LogP contribution in [-0.2, 0) is 7.05 Å². The average Bonchev–Trinajstić information content (AvgIpc) is 2.45. The third kappa shape index (κ3) is 2.55. The second-order valence-corrected chi connectivity index (χ2v) is 5.09. The molecule has 0 atom stereocenters. The maximum Gasteiger partial charge on any atom is 0.406 e. The van der Waals surface area contributed by atoms with Crippen molar-refractivity contribution >= 4 is 11.6 Å². The fourth-order valence-corrected chi connectivity index (χ4v) is 1.14. The number of anilines is 1. The minimum Gasteiger partial charge on any atom is -0.388 e. The number of aryl methyl sites for hydroxylation is 1. The summed E-state index contributed by atoms with van der Waals surface area (Å²) < 4.78 is 1.52. The summed E-state index contributed by atoms with van der Waals surface area (Å²) in [6, 6.07) is 0. The molecule has 7 nitrogen and oxygen atoms in total. The molecule has 17 heavy (non-hydrogen) atoms. The van der Waals surface area contributed by atoms with Gasteiger partial charge in [0.1, 0.15) is 0 Å². The molecule has 0 amide bonds. The molecule has 0 fully saturated rings. The lowest BCUT2D eigenvalue weighted by Crippen LogP contribution is -2.51. The SMILES string of the molecule is Cn1cnc([N+](=O)[O-])c1NC(C)(C)C(C)(C)O. The second-order valence-electron chi connectivity index (χ2n) is 5.09. The van der Waals surface area contributed by atoms with E-state index in [-0.39, 0.29) is 11.6 Å². The maximum atomic E-state index is 10.8. The summed E-state index contributed by atoms with van der Waals surface area (Å²) in [7, 11) is 1.66. The molecular weight excluding hydrogens is 224 g/mol. The normalized spacial score (nSPS) is 12.6. The molecule has 0 aliphatic heterocycles. The van der Waals surface area contributed by atoms with Crippen LogP contribution in [0.5, 0.6) is 0 Å². The van der Waals surface area contributed by atoms with E-state index in [0.717, 1.165) is 0 Å². The quantitative estimate of drug-likeness (QED) is 0.613. The van der Waals surface area contributed by atoms with Crippen LogP contribution in [0.25, 0.3) is 0 Å². The van der Waals surface area contributed by atoms with Crippen molar-refractivity contribution in [3.63, 3.8) is 0 Å².